The zero-order valence-electron chi connectivity index (χ0n) is 17.3. The molecule has 2 aliphatic heterocycles. The molecule has 158 valence electrons. The van der Waals surface area contributed by atoms with Crippen LogP contribution in [-0.2, 0) is 22.7 Å². The Balaban J connectivity index is 1.22. The number of hydrogen-bond acceptors (Lipinski definition) is 4. The maximum atomic E-state index is 13.1. The second kappa shape index (κ2) is 7.87. The van der Waals surface area contributed by atoms with Gasteiger partial charge in [0.25, 0.3) is 5.91 Å². The smallest absolute Gasteiger partial charge is 0.274 e. The molecule has 2 aromatic rings. The van der Waals surface area contributed by atoms with Crippen LogP contribution >= 0.6 is 0 Å². The highest BCUT2D eigenvalue weighted by molar-refractivity contribution is 5.93. The molecule has 1 N–H and O–H groups in total. The molecule has 1 aromatic heterocycles. The van der Waals surface area contributed by atoms with Gasteiger partial charge in [-0.1, -0.05) is 29.8 Å². The van der Waals surface area contributed by atoms with Crippen molar-refractivity contribution in [2.75, 3.05) is 13.1 Å². The normalized spacial score (nSPS) is 21.9. The number of fused-ring (bicyclic) bond motifs is 1. The molecule has 2 amide bonds. The molecule has 2 fully saturated rings. The third kappa shape index (κ3) is 3.86. The van der Waals surface area contributed by atoms with Gasteiger partial charge < -0.3 is 19.5 Å². The number of benzene rings is 1. The Morgan fingerprint density at radius 3 is 2.53 bits per heavy atom. The molecule has 3 aliphatic rings. The van der Waals surface area contributed by atoms with Crippen molar-refractivity contribution in [3.05, 3.63) is 53.1 Å². The van der Waals surface area contributed by atoms with Crippen LogP contribution in [-0.4, -0.2) is 45.4 Å². The van der Waals surface area contributed by atoms with Crippen LogP contribution in [0.15, 0.2) is 30.6 Å². The van der Waals surface area contributed by atoms with Crippen LogP contribution in [0.2, 0.25) is 0 Å². The predicted molar refractivity (Wildman–Crippen MR) is 111 cm³/mol. The molecule has 0 radical (unpaired) electrons. The fraction of sp³-hybridized carbons (Fsp3) is 0.522. The number of imidazole rings is 1. The van der Waals surface area contributed by atoms with Crippen molar-refractivity contribution in [2.24, 2.45) is 5.92 Å². The third-order valence-electron chi connectivity index (χ3n) is 6.46. The summed E-state index contributed by atoms with van der Waals surface area (Å²) in [6.07, 6.45) is 5.35. The second-order valence-corrected chi connectivity index (χ2v) is 8.75. The summed E-state index contributed by atoms with van der Waals surface area (Å²) in [7, 11) is 0. The molecule has 1 aromatic carbocycles. The van der Waals surface area contributed by atoms with E-state index < -0.39 is 0 Å². The number of ether oxygens (including phenoxy) is 1. The number of carbonyl (C=O) groups is 2. The van der Waals surface area contributed by atoms with E-state index in [2.05, 4.69) is 41.5 Å². The highest BCUT2D eigenvalue weighted by atomic mass is 16.5. The first-order valence-electron chi connectivity index (χ1n) is 10.9. The van der Waals surface area contributed by atoms with Crippen molar-refractivity contribution >= 4 is 11.8 Å². The lowest BCUT2D eigenvalue weighted by molar-refractivity contribution is -0.126. The Labute approximate surface area is 176 Å². The third-order valence-corrected chi connectivity index (χ3v) is 6.46. The fourth-order valence-corrected chi connectivity index (χ4v) is 4.33. The van der Waals surface area contributed by atoms with Crippen LogP contribution in [0.1, 0.15) is 59.1 Å². The number of nitrogens with zero attached hydrogens (tertiary/aromatic N) is 3. The molecule has 3 heterocycles. The lowest BCUT2D eigenvalue weighted by Gasteiger charge is -2.31. The summed E-state index contributed by atoms with van der Waals surface area (Å²) in [6, 6.07) is 8.75. The Morgan fingerprint density at radius 2 is 1.83 bits per heavy atom. The maximum Gasteiger partial charge on any atom is 0.274 e. The van der Waals surface area contributed by atoms with E-state index in [0.29, 0.717) is 50.8 Å². The lowest BCUT2D eigenvalue weighted by atomic mass is 9.95. The van der Waals surface area contributed by atoms with Crippen LogP contribution in [0.3, 0.4) is 0 Å². The standard InChI is InChI=1S/C23H28N4O3/c1-15-2-4-16(5-3-15)20-12-27-14-24-21(19(27)13-30-20)23(29)26-10-8-17(9-11-26)22(28)25-18-6-7-18/h2-5,14,17-18,20H,6-13H2,1H3,(H,25,28). The number of amides is 2. The first kappa shape index (κ1) is 19.3. The first-order valence-corrected chi connectivity index (χ1v) is 10.9. The van der Waals surface area contributed by atoms with Gasteiger partial charge in [0.2, 0.25) is 5.91 Å². The number of aryl methyl sites for hydroxylation is 1. The summed E-state index contributed by atoms with van der Waals surface area (Å²) < 4.78 is 8.11. The van der Waals surface area contributed by atoms with Crippen LogP contribution in [0.25, 0.3) is 0 Å². The van der Waals surface area contributed by atoms with E-state index in [0.717, 1.165) is 24.1 Å². The minimum absolute atomic E-state index is 0.0177. The molecule has 5 rings (SSSR count). The minimum Gasteiger partial charge on any atom is -0.365 e. The topological polar surface area (TPSA) is 76.5 Å². The predicted octanol–water partition coefficient (Wildman–Crippen LogP) is 2.59. The van der Waals surface area contributed by atoms with Gasteiger partial charge in [0.1, 0.15) is 6.10 Å². The Kier molecular flexibility index (Phi) is 5.06. The average Bonchev–Trinajstić information content (AvgIpc) is 3.49. The van der Waals surface area contributed by atoms with Crippen molar-refractivity contribution < 1.29 is 14.3 Å². The van der Waals surface area contributed by atoms with E-state index in [1.807, 2.05) is 9.47 Å². The lowest BCUT2D eigenvalue weighted by Crippen LogP contribution is -2.43. The highest BCUT2D eigenvalue weighted by Crippen LogP contribution is 2.29. The van der Waals surface area contributed by atoms with Gasteiger partial charge in [0.15, 0.2) is 5.69 Å². The number of aromatic nitrogens is 2. The molecule has 30 heavy (non-hydrogen) atoms. The van der Waals surface area contributed by atoms with Gasteiger partial charge in [-0.3, -0.25) is 9.59 Å². The zero-order chi connectivity index (χ0) is 20.7. The van der Waals surface area contributed by atoms with Gasteiger partial charge in [-0.15, -0.1) is 0 Å². The molecule has 1 atom stereocenters. The van der Waals surface area contributed by atoms with Crippen LogP contribution in [0, 0.1) is 12.8 Å². The zero-order valence-corrected chi connectivity index (χ0v) is 17.3. The molecule has 1 unspecified atom stereocenters. The quantitative estimate of drug-likeness (QED) is 0.844. The Bertz CT molecular complexity index is 940. The minimum atomic E-state index is -0.0535. The van der Waals surface area contributed by atoms with Crippen molar-refractivity contribution in [1.29, 1.82) is 0 Å². The molecular formula is C23H28N4O3. The van der Waals surface area contributed by atoms with Gasteiger partial charge in [0, 0.05) is 25.0 Å². The van der Waals surface area contributed by atoms with Gasteiger partial charge in [0.05, 0.1) is 25.2 Å². The van der Waals surface area contributed by atoms with E-state index in [1.165, 1.54) is 5.56 Å². The van der Waals surface area contributed by atoms with Crippen molar-refractivity contribution in [1.82, 2.24) is 19.8 Å². The number of carbonyl (C=O) groups excluding carboxylic acids is 2. The van der Waals surface area contributed by atoms with Gasteiger partial charge in [-0.05, 0) is 38.2 Å². The van der Waals surface area contributed by atoms with E-state index in [1.54, 1.807) is 6.33 Å². The summed E-state index contributed by atoms with van der Waals surface area (Å²) in [5.41, 5.74) is 3.69. The largest absolute Gasteiger partial charge is 0.365 e. The molecule has 0 bridgehead atoms. The molecule has 7 nitrogen and oxygen atoms in total. The van der Waals surface area contributed by atoms with Crippen LogP contribution in [0.4, 0.5) is 0 Å². The molecule has 0 spiro atoms. The number of piperidine rings is 1. The van der Waals surface area contributed by atoms with E-state index in [-0.39, 0.29) is 23.8 Å². The summed E-state index contributed by atoms with van der Waals surface area (Å²) in [6.45, 7) is 4.29. The van der Waals surface area contributed by atoms with Gasteiger partial charge >= 0.3 is 0 Å². The van der Waals surface area contributed by atoms with Crippen molar-refractivity contribution in [2.45, 2.75) is 57.9 Å². The number of hydrogen-bond donors (Lipinski definition) is 1. The first-order chi connectivity index (χ1) is 14.6. The summed E-state index contributed by atoms with van der Waals surface area (Å²) in [5, 5.41) is 3.08. The Hall–Kier alpha value is -2.67. The summed E-state index contributed by atoms with van der Waals surface area (Å²) >= 11 is 0. The SMILES string of the molecule is Cc1ccc(C2Cn3cnc(C(=O)N4CCC(C(=O)NC5CC5)CC4)c3CO2)cc1. The molecule has 7 heteroatoms. The van der Waals surface area contributed by atoms with Gasteiger partial charge in [-0.2, -0.15) is 0 Å². The fourth-order valence-electron chi connectivity index (χ4n) is 4.33. The number of likely N-dealkylation sites (tertiary alicyclic amines) is 1. The van der Waals surface area contributed by atoms with Crippen LogP contribution in [0.5, 0.6) is 0 Å². The molecule has 1 saturated carbocycles. The average molecular weight is 409 g/mol. The summed E-state index contributed by atoms with van der Waals surface area (Å²) in [5.74, 6) is 0.117. The molecule has 1 saturated heterocycles. The highest BCUT2D eigenvalue weighted by Gasteiger charge is 2.33. The molecular weight excluding hydrogens is 380 g/mol. The van der Waals surface area contributed by atoms with E-state index in [4.69, 9.17) is 4.74 Å². The number of rotatable bonds is 4. The van der Waals surface area contributed by atoms with Crippen LogP contribution < -0.4 is 5.32 Å². The Morgan fingerprint density at radius 1 is 1.10 bits per heavy atom. The van der Waals surface area contributed by atoms with Gasteiger partial charge in [-0.25, -0.2) is 4.98 Å². The van der Waals surface area contributed by atoms with E-state index >= 15 is 0 Å². The van der Waals surface area contributed by atoms with E-state index in [9.17, 15) is 9.59 Å². The maximum absolute atomic E-state index is 13.1. The molecule has 1 aliphatic carbocycles. The number of nitrogens with one attached hydrogen (secondary N) is 1. The monoisotopic (exact) mass is 408 g/mol. The summed E-state index contributed by atoms with van der Waals surface area (Å²) in [4.78, 5) is 31.6. The van der Waals surface area contributed by atoms with Crippen molar-refractivity contribution in [3.8, 4) is 0 Å². The second-order valence-electron chi connectivity index (χ2n) is 8.75. The van der Waals surface area contributed by atoms with Crippen molar-refractivity contribution in [3.63, 3.8) is 0 Å².